The molecule has 2 unspecified atom stereocenters. The fourth-order valence-electron chi connectivity index (χ4n) is 4.69. The van der Waals surface area contributed by atoms with Gasteiger partial charge in [0.15, 0.2) is 0 Å². The molecule has 180 valence electrons. The first kappa shape index (κ1) is 29.7. The fraction of sp³-hybridized carbons (Fsp3) is 0.933. The minimum Gasteiger partial charge on any atom is -0.0885 e. The first-order valence-corrected chi connectivity index (χ1v) is 14.4. The lowest BCUT2D eigenvalue weighted by Gasteiger charge is -2.13. The van der Waals surface area contributed by atoms with Crippen molar-refractivity contribution in [2.75, 3.05) is 0 Å². The van der Waals surface area contributed by atoms with Crippen molar-refractivity contribution in [3.05, 3.63) is 12.2 Å². The molecule has 0 saturated heterocycles. The standard InChI is InChI=1S/C30H60/c1-5-8-10-12-13-14-15-16-19-23-27-30(7-3)28-24-20-17-18-22-26-29(4)25-21-11-9-6-2/h17,20,29-30H,5-16,18-19,21-28H2,1-4H3/b20-17+. The van der Waals surface area contributed by atoms with Crippen molar-refractivity contribution in [1.29, 1.82) is 0 Å². The maximum atomic E-state index is 2.48. The van der Waals surface area contributed by atoms with Crippen molar-refractivity contribution < 1.29 is 0 Å². The summed E-state index contributed by atoms with van der Waals surface area (Å²) in [6, 6.07) is 0. The summed E-state index contributed by atoms with van der Waals surface area (Å²) in [4.78, 5) is 0. The van der Waals surface area contributed by atoms with Gasteiger partial charge in [0.25, 0.3) is 0 Å². The van der Waals surface area contributed by atoms with Gasteiger partial charge in [-0.15, -0.1) is 0 Å². The summed E-state index contributed by atoms with van der Waals surface area (Å²) in [5.41, 5.74) is 0. The van der Waals surface area contributed by atoms with Crippen LogP contribution in [0.25, 0.3) is 0 Å². The van der Waals surface area contributed by atoms with Gasteiger partial charge in [-0.05, 0) is 37.5 Å². The van der Waals surface area contributed by atoms with Crippen molar-refractivity contribution in [2.24, 2.45) is 11.8 Å². The van der Waals surface area contributed by atoms with Crippen molar-refractivity contribution in [3.63, 3.8) is 0 Å². The normalized spacial score (nSPS) is 13.9. The minimum atomic E-state index is 0.931. The van der Waals surface area contributed by atoms with Crippen molar-refractivity contribution in [3.8, 4) is 0 Å². The zero-order valence-electron chi connectivity index (χ0n) is 21.9. The lowest BCUT2D eigenvalue weighted by molar-refractivity contribution is 0.414. The second-order valence-electron chi connectivity index (χ2n) is 10.2. The molecule has 0 spiro atoms. The van der Waals surface area contributed by atoms with E-state index in [1.54, 1.807) is 0 Å². The number of rotatable bonds is 24. The van der Waals surface area contributed by atoms with Crippen LogP contribution in [-0.2, 0) is 0 Å². The van der Waals surface area contributed by atoms with E-state index in [2.05, 4.69) is 39.8 Å². The molecule has 0 rings (SSSR count). The van der Waals surface area contributed by atoms with Crippen LogP contribution in [0.1, 0.15) is 169 Å². The largest absolute Gasteiger partial charge is 0.0885 e. The van der Waals surface area contributed by atoms with Crippen LogP contribution in [0, 0.1) is 11.8 Å². The minimum absolute atomic E-state index is 0.931. The summed E-state index contributed by atoms with van der Waals surface area (Å²) in [5.74, 6) is 1.90. The summed E-state index contributed by atoms with van der Waals surface area (Å²) < 4.78 is 0. The SMILES string of the molecule is CCCCCCCCCCCCC(CC)CC/C=C/CCCC(C)CCCCCC. The Kier molecular flexibility index (Phi) is 24.8. The van der Waals surface area contributed by atoms with Gasteiger partial charge in [-0.1, -0.05) is 155 Å². The van der Waals surface area contributed by atoms with E-state index in [0.29, 0.717) is 0 Å². The Labute approximate surface area is 193 Å². The molecule has 0 bridgehead atoms. The molecule has 0 aliphatic heterocycles. The monoisotopic (exact) mass is 420 g/mol. The van der Waals surface area contributed by atoms with E-state index in [1.807, 2.05) is 0 Å². The quantitative estimate of drug-likeness (QED) is 0.107. The average Bonchev–Trinajstić information content (AvgIpc) is 2.75. The highest BCUT2D eigenvalue weighted by molar-refractivity contribution is 4.82. The summed E-state index contributed by atoms with van der Waals surface area (Å²) in [6.45, 7) is 9.45. The molecule has 0 aliphatic carbocycles. The Bertz CT molecular complexity index is 329. The van der Waals surface area contributed by atoms with Crippen molar-refractivity contribution in [2.45, 2.75) is 169 Å². The Morgan fingerprint density at radius 1 is 0.467 bits per heavy atom. The molecule has 30 heavy (non-hydrogen) atoms. The van der Waals surface area contributed by atoms with Crippen LogP contribution in [0.3, 0.4) is 0 Å². The Hall–Kier alpha value is -0.260. The molecule has 0 aromatic heterocycles. The number of hydrogen-bond acceptors (Lipinski definition) is 0. The van der Waals surface area contributed by atoms with Crippen LogP contribution in [-0.4, -0.2) is 0 Å². The van der Waals surface area contributed by atoms with E-state index in [-0.39, 0.29) is 0 Å². The third kappa shape index (κ3) is 22.4. The van der Waals surface area contributed by atoms with Crippen LogP contribution < -0.4 is 0 Å². The Balaban J connectivity index is 3.47. The van der Waals surface area contributed by atoms with E-state index in [1.165, 1.54) is 141 Å². The van der Waals surface area contributed by atoms with Gasteiger partial charge in [0.1, 0.15) is 0 Å². The van der Waals surface area contributed by atoms with Crippen LogP contribution in [0.4, 0.5) is 0 Å². The first-order chi connectivity index (χ1) is 14.7. The maximum absolute atomic E-state index is 2.48. The zero-order valence-corrected chi connectivity index (χ0v) is 21.9. The maximum Gasteiger partial charge on any atom is -0.0348 e. The summed E-state index contributed by atoms with van der Waals surface area (Å²) in [7, 11) is 0. The summed E-state index contributed by atoms with van der Waals surface area (Å²) >= 11 is 0. The van der Waals surface area contributed by atoms with Gasteiger partial charge < -0.3 is 0 Å². The van der Waals surface area contributed by atoms with E-state index in [4.69, 9.17) is 0 Å². The van der Waals surface area contributed by atoms with Crippen LogP contribution >= 0.6 is 0 Å². The summed E-state index contributed by atoms with van der Waals surface area (Å²) in [5, 5.41) is 0. The van der Waals surface area contributed by atoms with Gasteiger partial charge in [-0.25, -0.2) is 0 Å². The lowest BCUT2D eigenvalue weighted by atomic mass is 9.93. The van der Waals surface area contributed by atoms with Gasteiger partial charge in [-0.3, -0.25) is 0 Å². The number of unbranched alkanes of at least 4 members (excludes halogenated alkanes) is 13. The third-order valence-corrected chi connectivity index (χ3v) is 7.07. The van der Waals surface area contributed by atoms with E-state index in [0.717, 1.165) is 11.8 Å². The molecule has 0 N–H and O–H groups in total. The first-order valence-electron chi connectivity index (χ1n) is 14.4. The Morgan fingerprint density at radius 2 is 0.933 bits per heavy atom. The molecule has 0 heteroatoms. The molecular weight excluding hydrogens is 360 g/mol. The molecule has 0 heterocycles. The predicted octanol–water partition coefficient (Wildman–Crippen LogP) is 11.4. The second-order valence-corrected chi connectivity index (χ2v) is 10.2. The van der Waals surface area contributed by atoms with E-state index >= 15 is 0 Å². The molecule has 0 aromatic carbocycles. The third-order valence-electron chi connectivity index (χ3n) is 7.07. The molecular formula is C30H60. The van der Waals surface area contributed by atoms with Crippen molar-refractivity contribution >= 4 is 0 Å². The van der Waals surface area contributed by atoms with Crippen LogP contribution in [0.5, 0.6) is 0 Å². The fourth-order valence-corrected chi connectivity index (χ4v) is 4.69. The highest BCUT2D eigenvalue weighted by Gasteiger charge is 2.05. The molecule has 0 radical (unpaired) electrons. The topological polar surface area (TPSA) is 0 Å². The molecule has 0 nitrogen and oxygen atoms in total. The van der Waals surface area contributed by atoms with Gasteiger partial charge in [0.05, 0.1) is 0 Å². The molecule has 0 aromatic rings. The van der Waals surface area contributed by atoms with Gasteiger partial charge in [0, 0.05) is 0 Å². The molecule has 0 saturated carbocycles. The number of hydrogen-bond donors (Lipinski definition) is 0. The zero-order chi connectivity index (χ0) is 22.1. The molecule has 0 fully saturated rings. The lowest BCUT2D eigenvalue weighted by Crippen LogP contribution is -1.98. The van der Waals surface area contributed by atoms with Gasteiger partial charge in [0.2, 0.25) is 0 Å². The highest BCUT2D eigenvalue weighted by atomic mass is 14.1. The van der Waals surface area contributed by atoms with E-state index in [9.17, 15) is 0 Å². The molecule has 0 aliphatic rings. The smallest absolute Gasteiger partial charge is 0.0348 e. The van der Waals surface area contributed by atoms with Gasteiger partial charge in [-0.2, -0.15) is 0 Å². The van der Waals surface area contributed by atoms with Gasteiger partial charge >= 0.3 is 0 Å². The predicted molar refractivity (Wildman–Crippen MR) is 140 cm³/mol. The average molecular weight is 421 g/mol. The number of allylic oxidation sites excluding steroid dienone is 2. The Morgan fingerprint density at radius 3 is 1.53 bits per heavy atom. The van der Waals surface area contributed by atoms with E-state index < -0.39 is 0 Å². The molecule has 0 amide bonds. The molecule has 2 atom stereocenters. The highest BCUT2D eigenvalue weighted by Crippen LogP contribution is 2.21. The van der Waals surface area contributed by atoms with Crippen LogP contribution in [0.2, 0.25) is 0 Å². The summed E-state index contributed by atoms with van der Waals surface area (Å²) in [6.07, 6.45) is 36.3. The second kappa shape index (κ2) is 25.0. The van der Waals surface area contributed by atoms with Crippen molar-refractivity contribution in [1.82, 2.24) is 0 Å². The van der Waals surface area contributed by atoms with Crippen LogP contribution in [0.15, 0.2) is 12.2 Å².